The van der Waals surface area contributed by atoms with Gasteiger partial charge in [-0.3, -0.25) is 4.79 Å². The number of aliphatic imine (C=N–C) groups is 1. The maximum atomic E-state index is 13.7. The smallest absolute Gasteiger partial charge is 0.259 e. The summed E-state index contributed by atoms with van der Waals surface area (Å²) in [6, 6.07) is 30.0. The zero-order chi connectivity index (χ0) is 30.7. The number of methoxy groups -OCH3 is 1. The largest absolute Gasteiger partial charge is 0.493 e. The van der Waals surface area contributed by atoms with Crippen LogP contribution >= 0.6 is 11.3 Å². The summed E-state index contributed by atoms with van der Waals surface area (Å²) in [6.07, 6.45) is 4.74. The summed E-state index contributed by atoms with van der Waals surface area (Å²) in [5.41, 5.74) is 4.82. The lowest BCUT2D eigenvalue weighted by molar-refractivity contribution is 0.102. The van der Waals surface area contributed by atoms with E-state index < -0.39 is 0 Å². The van der Waals surface area contributed by atoms with Gasteiger partial charge in [-0.2, -0.15) is 0 Å². The molecule has 6 rings (SSSR count). The van der Waals surface area contributed by atoms with Gasteiger partial charge in [0.05, 0.1) is 12.7 Å². The Labute approximate surface area is 263 Å². The number of para-hydroxylation sites is 1. The predicted molar refractivity (Wildman–Crippen MR) is 182 cm³/mol. The molecule has 0 bridgehead atoms. The van der Waals surface area contributed by atoms with Gasteiger partial charge in [0.1, 0.15) is 11.6 Å². The fourth-order valence-electron chi connectivity index (χ4n) is 5.94. The highest BCUT2D eigenvalue weighted by Gasteiger charge is 2.33. The summed E-state index contributed by atoms with van der Waals surface area (Å²) in [6.45, 7) is 7.35. The van der Waals surface area contributed by atoms with E-state index in [1.807, 2.05) is 66.9 Å². The Kier molecular flexibility index (Phi) is 8.53. The van der Waals surface area contributed by atoms with E-state index in [9.17, 15) is 4.79 Å². The molecule has 1 aromatic heterocycles. The van der Waals surface area contributed by atoms with Crippen molar-refractivity contribution in [2.45, 2.75) is 46.6 Å². The number of carbonyl (C=O) groups excluding carboxylic acids is 1. The van der Waals surface area contributed by atoms with Crippen molar-refractivity contribution < 1.29 is 14.3 Å². The first-order valence-electron chi connectivity index (χ1n) is 15.1. The second-order valence-corrected chi connectivity index (χ2v) is 13.5. The molecule has 0 radical (unpaired) electrons. The van der Waals surface area contributed by atoms with E-state index in [1.54, 1.807) is 18.4 Å². The lowest BCUT2D eigenvalue weighted by Crippen LogP contribution is -2.27. The van der Waals surface area contributed by atoms with Crippen LogP contribution in [0.5, 0.6) is 11.5 Å². The number of ether oxygens (including phenoxy) is 2. The first-order valence-corrected chi connectivity index (χ1v) is 15.9. The number of thiophene rings is 1. The number of nitrogens with zero attached hydrogens (tertiary/aromatic N) is 1. The van der Waals surface area contributed by atoms with E-state index in [4.69, 9.17) is 14.5 Å². The molecule has 1 aliphatic carbocycles. The summed E-state index contributed by atoms with van der Waals surface area (Å²) in [5, 5.41) is 6.21. The third kappa shape index (κ3) is 6.41. The molecule has 1 atom stereocenters. The second kappa shape index (κ2) is 12.7. The van der Waals surface area contributed by atoms with E-state index in [0.29, 0.717) is 29.6 Å². The molecule has 0 saturated heterocycles. The van der Waals surface area contributed by atoms with Gasteiger partial charge in [0.2, 0.25) is 0 Å². The maximum absolute atomic E-state index is 13.7. The van der Waals surface area contributed by atoms with Crippen LogP contribution in [-0.4, -0.2) is 19.2 Å². The minimum atomic E-state index is -0.107. The number of fused-ring (bicyclic) bond motifs is 2. The summed E-state index contributed by atoms with van der Waals surface area (Å²) in [5.74, 6) is 1.76. The molecule has 0 aliphatic heterocycles. The second-order valence-electron chi connectivity index (χ2n) is 12.4. The van der Waals surface area contributed by atoms with Gasteiger partial charge >= 0.3 is 0 Å². The zero-order valence-corrected chi connectivity index (χ0v) is 26.5. The number of hydrogen-bond donors (Lipinski definition) is 1. The van der Waals surface area contributed by atoms with Gasteiger partial charge in [-0.25, -0.2) is 4.99 Å². The monoisotopic (exact) mass is 602 g/mol. The Balaban J connectivity index is 1.26. The molecule has 0 saturated carbocycles. The number of carbonyl (C=O) groups is 1. The van der Waals surface area contributed by atoms with Gasteiger partial charge < -0.3 is 14.8 Å². The van der Waals surface area contributed by atoms with Gasteiger partial charge in [0.15, 0.2) is 11.5 Å². The first kappa shape index (κ1) is 29.6. The van der Waals surface area contributed by atoms with Crippen molar-refractivity contribution in [3.8, 4) is 11.5 Å². The molecule has 44 heavy (non-hydrogen) atoms. The van der Waals surface area contributed by atoms with E-state index in [0.717, 1.165) is 46.6 Å². The number of nitrogens with one attached hydrogen (secondary N) is 1. The topological polar surface area (TPSA) is 59.9 Å². The van der Waals surface area contributed by atoms with Crippen molar-refractivity contribution in [2.75, 3.05) is 12.4 Å². The lowest BCUT2D eigenvalue weighted by atomic mass is 9.72. The van der Waals surface area contributed by atoms with Crippen LogP contribution in [0.3, 0.4) is 0 Å². The molecule has 1 amide bonds. The minimum absolute atomic E-state index is 0.107. The van der Waals surface area contributed by atoms with E-state index in [2.05, 4.69) is 56.4 Å². The zero-order valence-electron chi connectivity index (χ0n) is 25.7. The van der Waals surface area contributed by atoms with Crippen molar-refractivity contribution in [3.63, 3.8) is 0 Å². The fourth-order valence-corrected chi connectivity index (χ4v) is 7.21. The molecule has 1 heterocycles. The van der Waals surface area contributed by atoms with Gasteiger partial charge in [-0.05, 0) is 88.4 Å². The minimum Gasteiger partial charge on any atom is -0.493 e. The molecule has 6 heteroatoms. The van der Waals surface area contributed by atoms with Crippen LogP contribution < -0.4 is 14.8 Å². The molecule has 5 nitrogen and oxygen atoms in total. The van der Waals surface area contributed by atoms with Crippen LogP contribution in [0.25, 0.3) is 10.8 Å². The standard InChI is InChI=1S/C38H38N2O3S/c1-38(2,3)28-18-19-31-34(22-28)44-37(35(31)36(41)40-29-14-6-5-7-15-29)39-23-25-17-20-32(33(21-25)42-4)43-24-27-13-10-12-26-11-8-9-16-30(26)27/h5-17,20-21,23,28H,18-19,22,24H2,1-4H3,(H,40,41)/t28-/m1/s1. The quantitative estimate of drug-likeness (QED) is 0.180. The summed E-state index contributed by atoms with van der Waals surface area (Å²) < 4.78 is 11.9. The molecular weight excluding hydrogens is 564 g/mol. The van der Waals surface area contributed by atoms with Gasteiger partial charge in [0.25, 0.3) is 5.91 Å². The molecule has 1 N–H and O–H groups in total. The van der Waals surface area contributed by atoms with E-state index in [1.165, 1.54) is 15.6 Å². The Bertz CT molecular complexity index is 1810. The SMILES string of the molecule is COc1cc(C=Nc2sc3c(c2C(=O)Nc2ccccc2)CC[C@@H](C(C)(C)C)C3)ccc1OCc1cccc2ccccc12. The highest BCUT2D eigenvalue weighted by atomic mass is 32.1. The highest BCUT2D eigenvalue weighted by molar-refractivity contribution is 7.16. The van der Waals surface area contributed by atoms with Crippen LogP contribution in [0.1, 0.15) is 59.1 Å². The molecule has 0 unspecified atom stereocenters. The Hall–Kier alpha value is -4.42. The van der Waals surface area contributed by atoms with E-state index in [-0.39, 0.29) is 11.3 Å². The summed E-state index contributed by atoms with van der Waals surface area (Å²) in [7, 11) is 1.64. The highest BCUT2D eigenvalue weighted by Crippen LogP contribution is 2.45. The summed E-state index contributed by atoms with van der Waals surface area (Å²) in [4.78, 5) is 19.8. The van der Waals surface area contributed by atoms with Gasteiger partial charge in [-0.15, -0.1) is 11.3 Å². The Morgan fingerprint density at radius 2 is 1.75 bits per heavy atom. The molecule has 1 aliphatic rings. The number of anilines is 1. The Morgan fingerprint density at radius 3 is 2.55 bits per heavy atom. The normalized spacial score (nSPS) is 14.9. The molecule has 0 spiro atoms. The molecule has 5 aromatic rings. The van der Waals surface area contributed by atoms with Crippen LogP contribution in [0.15, 0.2) is 96.0 Å². The van der Waals surface area contributed by atoms with Crippen molar-refractivity contribution in [1.29, 1.82) is 0 Å². The Morgan fingerprint density at radius 1 is 0.977 bits per heavy atom. The number of amides is 1. The van der Waals surface area contributed by atoms with Crippen molar-refractivity contribution in [1.82, 2.24) is 0 Å². The van der Waals surface area contributed by atoms with Gasteiger partial charge in [-0.1, -0.05) is 81.4 Å². The average molecular weight is 603 g/mol. The predicted octanol–water partition coefficient (Wildman–Crippen LogP) is 9.64. The summed E-state index contributed by atoms with van der Waals surface area (Å²) >= 11 is 1.64. The average Bonchev–Trinajstić information content (AvgIpc) is 3.41. The maximum Gasteiger partial charge on any atom is 0.259 e. The van der Waals surface area contributed by atoms with E-state index >= 15 is 0 Å². The lowest BCUT2D eigenvalue weighted by Gasteiger charge is -2.33. The number of hydrogen-bond acceptors (Lipinski definition) is 5. The third-order valence-electron chi connectivity index (χ3n) is 8.51. The van der Waals surface area contributed by atoms with Crippen LogP contribution in [0.2, 0.25) is 0 Å². The van der Waals surface area contributed by atoms with Crippen molar-refractivity contribution in [2.24, 2.45) is 16.3 Å². The van der Waals surface area contributed by atoms with Crippen LogP contribution in [0, 0.1) is 11.3 Å². The van der Waals surface area contributed by atoms with Crippen LogP contribution in [0.4, 0.5) is 10.7 Å². The first-order chi connectivity index (χ1) is 21.3. The van der Waals surface area contributed by atoms with Crippen molar-refractivity contribution >= 4 is 44.9 Å². The van der Waals surface area contributed by atoms with Crippen molar-refractivity contribution in [3.05, 3.63) is 118 Å². The van der Waals surface area contributed by atoms with Crippen LogP contribution in [-0.2, 0) is 19.4 Å². The number of rotatable bonds is 8. The van der Waals surface area contributed by atoms with Gasteiger partial charge in [0, 0.05) is 16.8 Å². The fraction of sp³-hybridized carbons (Fsp3) is 0.263. The molecule has 4 aromatic carbocycles. The third-order valence-corrected chi connectivity index (χ3v) is 9.67. The number of benzene rings is 4. The molecule has 0 fully saturated rings. The molecule has 224 valence electrons. The molecular formula is C38H38N2O3S.